The quantitative estimate of drug-likeness (QED) is 0.868. The summed E-state index contributed by atoms with van der Waals surface area (Å²) in [6.07, 6.45) is 1.59. The van der Waals surface area contributed by atoms with Gasteiger partial charge in [-0.1, -0.05) is 12.1 Å². The predicted octanol–water partition coefficient (Wildman–Crippen LogP) is 1.46. The first-order chi connectivity index (χ1) is 8.18. The summed E-state index contributed by atoms with van der Waals surface area (Å²) in [6, 6.07) is 6.74. The van der Waals surface area contributed by atoms with Gasteiger partial charge >= 0.3 is 0 Å². The third kappa shape index (κ3) is 2.85. The highest BCUT2D eigenvalue weighted by atomic mass is 79.9. The van der Waals surface area contributed by atoms with Crippen molar-refractivity contribution in [1.82, 2.24) is 10.6 Å². The number of halogens is 1. The van der Waals surface area contributed by atoms with Gasteiger partial charge in [-0.15, -0.1) is 0 Å². The molecule has 0 aliphatic carbocycles. The SMILES string of the molecule is O=C(NC1CCCNC1=O)c1ccccc1Br. The number of carbonyl (C=O) groups is 2. The van der Waals surface area contributed by atoms with Crippen molar-refractivity contribution in [2.75, 3.05) is 6.54 Å². The summed E-state index contributed by atoms with van der Waals surface area (Å²) in [5.74, 6) is -0.323. The van der Waals surface area contributed by atoms with Gasteiger partial charge in [0.25, 0.3) is 5.91 Å². The number of hydrogen-bond acceptors (Lipinski definition) is 2. The molecule has 0 radical (unpaired) electrons. The van der Waals surface area contributed by atoms with Crippen LogP contribution in [-0.2, 0) is 4.79 Å². The first kappa shape index (κ1) is 12.1. The number of amides is 2. The van der Waals surface area contributed by atoms with Gasteiger partial charge in [-0.3, -0.25) is 9.59 Å². The van der Waals surface area contributed by atoms with Crippen LogP contribution in [0.4, 0.5) is 0 Å². The van der Waals surface area contributed by atoms with E-state index in [-0.39, 0.29) is 11.8 Å². The highest BCUT2D eigenvalue weighted by molar-refractivity contribution is 9.10. The van der Waals surface area contributed by atoms with Crippen LogP contribution < -0.4 is 10.6 Å². The van der Waals surface area contributed by atoms with Crippen molar-refractivity contribution in [2.24, 2.45) is 0 Å². The van der Waals surface area contributed by atoms with Crippen molar-refractivity contribution in [2.45, 2.75) is 18.9 Å². The van der Waals surface area contributed by atoms with Crippen LogP contribution in [0.15, 0.2) is 28.7 Å². The van der Waals surface area contributed by atoms with Crippen LogP contribution in [0.1, 0.15) is 23.2 Å². The summed E-state index contributed by atoms with van der Waals surface area (Å²) in [6.45, 7) is 0.695. The van der Waals surface area contributed by atoms with Gasteiger partial charge in [-0.2, -0.15) is 0 Å². The van der Waals surface area contributed by atoms with E-state index in [2.05, 4.69) is 26.6 Å². The fraction of sp³-hybridized carbons (Fsp3) is 0.333. The van der Waals surface area contributed by atoms with E-state index in [4.69, 9.17) is 0 Å². The summed E-state index contributed by atoms with van der Waals surface area (Å²) in [5.41, 5.74) is 0.547. The number of nitrogens with one attached hydrogen (secondary N) is 2. The first-order valence-electron chi connectivity index (χ1n) is 5.51. The summed E-state index contributed by atoms with van der Waals surface area (Å²) in [4.78, 5) is 23.5. The molecule has 1 heterocycles. The van der Waals surface area contributed by atoms with Crippen molar-refractivity contribution in [3.8, 4) is 0 Å². The van der Waals surface area contributed by atoms with Crippen molar-refractivity contribution in [3.63, 3.8) is 0 Å². The molecule has 90 valence electrons. The molecule has 1 aliphatic heterocycles. The van der Waals surface area contributed by atoms with Crippen LogP contribution in [-0.4, -0.2) is 24.4 Å². The minimum Gasteiger partial charge on any atom is -0.354 e. The molecular formula is C12H13BrN2O2. The van der Waals surface area contributed by atoms with Crippen molar-refractivity contribution in [1.29, 1.82) is 0 Å². The second kappa shape index (κ2) is 5.31. The van der Waals surface area contributed by atoms with Crippen LogP contribution in [0, 0.1) is 0 Å². The molecule has 1 aromatic rings. The van der Waals surface area contributed by atoms with Gasteiger partial charge in [0.15, 0.2) is 0 Å². The Bertz CT molecular complexity index is 448. The monoisotopic (exact) mass is 296 g/mol. The van der Waals surface area contributed by atoms with Crippen LogP contribution in [0.3, 0.4) is 0 Å². The van der Waals surface area contributed by atoms with Crippen LogP contribution in [0.2, 0.25) is 0 Å². The molecule has 0 saturated carbocycles. The molecule has 5 heteroatoms. The van der Waals surface area contributed by atoms with E-state index in [9.17, 15) is 9.59 Å². The molecule has 1 unspecified atom stereocenters. The molecule has 0 aromatic heterocycles. The lowest BCUT2D eigenvalue weighted by atomic mass is 10.1. The summed E-state index contributed by atoms with van der Waals surface area (Å²) < 4.78 is 0.730. The smallest absolute Gasteiger partial charge is 0.253 e. The van der Waals surface area contributed by atoms with Gasteiger partial charge in [0.1, 0.15) is 6.04 Å². The summed E-state index contributed by atoms with van der Waals surface area (Å²) in [5, 5.41) is 5.48. The van der Waals surface area contributed by atoms with Gasteiger partial charge in [-0.05, 0) is 40.9 Å². The second-order valence-corrected chi connectivity index (χ2v) is 4.79. The Balaban J connectivity index is 2.06. The highest BCUT2D eigenvalue weighted by Crippen LogP contribution is 2.16. The Labute approximate surface area is 108 Å². The molecule has 1 aliphatic rings. The Morgan fingerprint density at radius 1 is 1.41 bits per heavy atom. The minimum atomic E-state index is -0.414. The Hall–Kier alpha value is -1.36. The van der Waals surface area contributed by atoms with Gasteiger partial charge in [0.2, 0.25) is 5.91 Å². The Morgan fingerprint density at radius 2 is 2.18 bits per heavy atom. The lowest BCUT2D eigenvalue weighted by Gasteiger charge is -2.22. The Kier molecular flexibility index (Phi) is 3.78. The van der Waals surface area contributed by atoms with Gasteiger partial charge < -0.3 is 10.6 Å². The molecule has 1 atom stereocenters. The zero-order valence-corrected chi connectivity index (χ0v) is 10.8. The number of rotatable bonds is 2. The minimum absolute atomic E-state index is 0.100. The van der Waals surface area contributed by atoms with Crippen LogP contribution >= 0.6 is 15.9 Å². The molecular weight excluding hydrogens is 284 g/mol. The average Bonchev–Trinajstić information content (AvgIpc) is 2.32. The van der Waals surface area contributed by atoms with E-state index in [1.807, 2.05) is 6.07 Å². The molecule has 2 amide bonds. The zero-order valence-electron chi connectivity index (χ0n) is 9.20. The molecule has 0 bridgehead atoms. The van der Waals surface area contributed by atoms with Crippen molar-refractivity contribution in [3.05, 3.63) is 34.3 Å². The largest absolute Gasteiger partial charge is 0.354 e. The number of piperidine rings is 1. The van der Waals surface area contributed by atoms with Crippen LogP contribution in [0.5, 0.6) is 0 Å². The van der Waals surface area contributed by atoms with E-state index in [1.54, 1.807) is 18.2 Å². The standard InChI is InChI=1S/C12H13BrN2O2/c13-9-5-2-1-4-8(9)11(16)15-10-6-3-7-14-12(10)17/h1-2,4-5,10H,3,6-7H2,(H,14,17)(H,15,16). The van der Waals surface area contributed by atoms with Gasteiger partial charge in [-0.25, -0.2) is 0 Å². The van der Waals surface area contributed by atoms with Crippen molar-refractivity contribution < 1.29 is 9.59 Å². The predicted molar refractivity (Wildman–Crippen MR) is 67.6 cm³/mol. The molecule has 2 rings (SSSR count). The zero-order chi connectivity index (χ0) is 12.3. The van der Waals surface area contributed by atoms with E-state index < -0.39 is 6.04 Å². The molecule has 1 saturated heterocycles. The third-order valence-electron chi connectivity index (χ3n) is 2.71. The molecule has 1 aromatic carbocycles. The van der Waals surface area contributed by atoms with Gasteiger partial charge in [0, 0.05) is 11.0 Å². The van der Waals surface area contributed by atoms with E-state index in [1.165, 1.54) is 0 Å². The summed E-state index contributed by atoms with van der Waals surface area (Å²) >= 11 is 3.32. The average molecular weight is 297 g/mol. The van der Waals surface area contributed by atoms with Gasteiger partial charge in [0.05, 0.1) is 5.56 Å². The number of hydrogen-bond donors (Lipinski definition) is 2. The maximum atomic E-state index is 12.0. The van der Waals surface area contributed by atoms with Crippen LogP contribution in [0.25, 0.3) is 0 Å². The molecule has 4 nitrogen and oxygen atoms in total. The maximum absolute atomic E-state index is 12.0. The number of carbonyl (C=O) groups excluding carboxylic acids is 2. The lowest BCUT2D eigenvalue weighted by Crippen LogP contribution is -2.50. The number of benzene rings is 1. The fourth-order valence-corrected chi connectivity index (χ4v) is 2.26. The fourth-order valence-electron chi connectivity index (χ4n) is 1.79. The van der Waals surface area contributed by atoms with E-state index in [0.29, 0.717) is 18.5 Å². The van der Waals surface area contributed by atoms with E-state index in [0.717, 1.165) is 10.9 Å². The third-order valence-corrected chi connectivity index (χ3v) is 3.40. The molecule has 1 fully saturated rings. The topological polar surface area (TPSA) is 58.2 Å². The van der Waals surface area contributed by atoms with E-state index >= 15 is 0 Å². The first-order valence-corrected chi connectivity index (χ1v) is 6.31. The maximum Gasteiger partial charge on any atom is 0.253 e. The highest BCUT2D eigenvalue weighted by Gasteiger charge is 2.24. The summed E-state index contributed by atoms with van der Waals surface area (Å²) in [7, 11) is 0. The molecule has 17 heavy (non-hydrogen) atoms. The van der Waals surface area contributed by atoms with Crippen molar-refractivity contribution >= 4 is 27.7 Å². The normalized spacial score (nSPS) is 19.6. The lowest BCUT2D eigenvalue weighted by molar-refractivity contribution is -0.124. The Morgan fingerprint density at radius 3 is 2.88 bits per heavy atom. The molecule has 2 N–H and O–H groups in total. The second-order valence-electron chi connectivity index (χ2n) is 3.94. The molecule has 0 spiro atoms.